The summed E-state index contributed by atoms with van der Waals surface area (Å²) >= 11 is 0. The highest BCUT2D eigenvalue weighted by atomic mass is 16.2. The quantitative estimate of drug-likeness (QED) is 0.678. The Morgan fingerprint density at radius 2 is 1.52 bits per heavy atom. The van der Waals surface area contributed by atoms with Gasteiger partial charge in [-0.3, -0.25) is 0 Å². The van der Waals surface area contributed by atoms with Crippen molar-refractivity contribution in [2.45, 2.75) is 19.8 Å². The van der Waals surface area contributed by atoms with Crippen molar-refractivity contribution in [3.63, 3.8) is 0 Å². The second-order valence-corrected chi connectivity index (χ2v) is 5.87. The van der Waals surface area contributed by atoms with Crippen LogP contribution >= 0.6 is 0 Å². The van der Waals surface area contributed by atoms with Gasteiger partial charge < -0.3 is 10.6 Å². The van der Waals surface area contributed by atoms with E-state index >= 15 is 0 Å². The van der Waals surface area contributed by atoms with Gasteiger partial charge in [0.25, 0.3) is 0 Å². The van der Waals surface area contributed by atoms with E-state index in [-0.39, 0.29) is 6.03 Å². The van der Waals surface area contributed by atoms with Gasteiger partial charge in [-0.15, -0.1) is 0 Å². The maximum atomic E-state index is 12.0. The van der Waals surface area contributed by atoms with E-state index < -0.39 is 0 Å². The molecule has 0 unspecified atom stereocenters. The number of carbonyl (C=O) groups is 1. The number of carbonyl (C=O) groups excluding carboxylic acids is 1. The van der Waals surface area contributed by atoms with E-state index in [0.717, 1.165) is 29.9 Å². The highest BCUT2D eigenvalue weighted by Crippen LogP contribution is 2.20. The number of hydrogen-bond donors (Lipinski definition) is 2. The van der Waals surface area contributed by atoms with E-state index in [9.17, 15) is 4.79 Å². The zero-order valence-corrected chi connectivity index (χ0v) is 14.1. The minimum Gasteiger partial charge on any atom is -0.312 e. The summed E-state index contributed by atoms with van der Waals surface area (Å²) in [5.41, 5.74) is 4.49. The fourth-order valence-corrected chi connectivity index (χ4v) is 2.38. The fourth-order valence-electron chi connectivity index (χ4n) is 2.38. The normalized spacial score (nSPS) is 14.0. The number of nitrogens with one attached hydrogen (secondary N) is 2. The van der Waals surface area contributed by atoms with Crippen LogP contribution in [0, 0.1) is 0 Å². The van der Waals surface area contributed by atoms with Crippen LogP contribution in [0.5, 0.6) is 0 Å². The average Bonchev–Trinajstić information content (AvgIpc) is 2.64. The Balaban J connectivity index is 1.55. The van der Waals surface area contributed by atoms with Crippen molar-refractivity contribution >= 4 is 23.1 Å². The smallest absolute Gasteiger partial charge is 0.312 e. The summed E-state index contributed by atoms with van der Waals surface area (Å²) in [4.78, 5) is 12.0. The molecule has 0 radical (unpaired) electrons. The molecule has 0 saturated carbocycles. The molecule has 1 aliphatic rings. The first kappa shape index (κ1) is 16.6. The van der Waals surface area contributed by atoms with Crippen molar-refractivity contribution in [1.82, 2.24) is 5.32 Å². The number of urea groups is 1. The van der Waals surface area contributed by atoms with Gasteiger partial charge in [0.05, 0.1) is 11.4 Å². The SMILES string of the molecule is CC1=CC=C(NC(=O)Nc2ccc(N=Nc3ccccc3)cc2)CC1. The predicted octanol–water partition coefficient (Wildman–Crippen LogP) is 5.85. The monoisotopic (exact) mass is 332 g/mol. The van der Waals surface area contributed by atoms with Crippen molar-refractivity contribution in [1.29, 1.82) is 0 Å². The molecule has 0 saturated heterocycles. The number of benzene rings is 2. The molecule has 0 aromatic heterocycles. The second-order valence-electron chi connectivity index (χ2n) is 5.87. The molecule has 25 heavy (non-hydrogen) atoms. The highest BCUT2D eigenvalue weighted by Gasteiger charge is 2.07. The lowest BCUT2D eigenvalue weighted by Crippen LogP contribution is -2.28. The predicted molar refractivity (Wildman–Crippen MR) is 100 cm³/mol. The van der Waals surface area contributed by atoms with Gasteiger partial charge in [-0.1, -0.05) is 29.8 Å². The standard InChI is InChI=1S/C20H20N4O/c1-15-7-9-16(10-8-15)21-20(25)22-17-11-13-19(14-12-17)24-23-18-5-3-2-4-6-18/h2-7,9,11-14H,8,10H2,1H3,(H2,21,22,25). The van der Waals surface area contributed by atoms with Gasteiger partial charge in [-0.05, 0) is 62.2 Å². The number of hydrogen-bond acceptors (Lipinski definition) is 3. The van der Waals surface area contributed by atoms with Crippen LogP contribution in [0.3, 0.4) is 0 Å². The van der Waals surface area contributed by atoms with E-state index in [0.29, 0.717) is 5.69 Å². The molecule has 126 valence electrons. The van der Waals surface area contributed by atoms with Gasteiger partial charge in [0, 0.05) is 11.4 Å². The Morgan fingerprint density at radius 3 is 2.16 bits per heavy atom. The molecule has 2 aromatic rings. The Kier molecular flexibility index (Phi) is 5.36. The molecule has 2 N–H and O–H groups in total. The molecule has 2 amide bonds. The first-order valence-electron chi connectivity index (χ1n) is 8.20. The maximum absolute atomic E-state index is 12.0. The van der Waals surface area contributed by atoms with E-state index in [4.69, 9.17) is 0 Å². The van der Waals surface area contributed by atoms with Crippen LogP contribution in [0.4, 0.5) is 21.9 Å². The molecular weight excluding hydrogens is 312 g/mol. The first-order chi connectivity index (χ1) is 12.2. The molecule has 0 fully saturated rings. The zero-order chi connectivity index (χ0) is 17.5. The lowest BCUT2D eigenvalue weighted by molar-refractivity contribution is 0.254. The summed E-state index contributed by atoms with van der Waals surface area (Å²) in [6.07, 6.45) is 5.82. The fraction of sp³-hybridized carbons (Fsp3) is 0.150. The van der Waals surface area contributed by atoms with Crippen LogP contribution in [-0.4, -0.2) is 6.03 Å². The number of amides is 2. The molecule has 5 heteroatoms. The van der Waals surface area contributed by atoms with Crippen molar-refractivity contribution in [3.8, 4) is 0 Å². The molecule has 0 aliphatic heterocycles. The summed E-state index contributed by atoms with van der Waals surface area (Å²) in [7, 11) is 0. The summed E-state index contributed by atoms with van der Waals surface area (Å²) in [5.74, 6) is 0. The number of rotatable bonds is 4. The van der Waals surface area contributed by atoms with Crippen LogP contribution in [-0.2, 0) is 0 Å². The molecule has 0 heterocycles. The van der Waals surface area contributed by atoms with Crippen molar-refractivity contribution in [3.05, 3.63) is 78.0 Å². The molecule has 0 bridgehead atoms. The molecule has 1 aliphatic carbocycles. The van der Waals surface area contributed by atoms with Crippen molar-refractivity contribution < 1.29 is 4.79 Å². The third-order valence-corrected chi connectivity index (χ3v) is 3.79. The van der Waals surface area contributed by atoms with Crippen molar-refractivity contribution in [2.24, 2.45) is 10.2 Å². The lowest BCUT2D eigenvalue weighted by atomic mass is 10.0. The van der Waals surface area contributed by atoms with Gasteiger partial charge in [0.2, 0.25) is 0 Å². The molecular formula is C20H20N4O. The molecule has 2 aromatic carbocycles. The minimum atomic E-state index is -0.238. The van der Waals surface area contributed by atoms with E-state index in [2.05, 4.69) is 27.8 Å². The van der Waals surface area contributed by atoms with Gasteiger partial charge in [-0.2, -0.15) is 10.2 Å². The number of nitrogens with zero attached hydrogens (tertiary/aromatic N) is 2. The Hall–Kier alpha value is -3.21. The number of azo groups is 1. The lowest BCUT2D eigenvalue weighted by Gasteiger charge is -2.14. The van der Waals surface area contributed by atoms with Crippen LogP contribution in [0.2, 0.25) is 0 Å². The number of anilines is 1. The minimum absolute atomic E-state index is 0.238. The largest absolute Gasteiger partial charge is 0.323 e. The molecule has 5 nitrogen and oxygen atoms in total. The molecule has 0 spiro atoms. The first-order valence-corrected chi connectivity index (χ1v) is 8.20. The van der Waals surface area contributed by atoms with Gasteiger partial charge in [0.15, 0.2) is 0 Å². The van der Waals surface area contributed by atoms with Crippen LogP contribution < -0.4 is 10.6 Å². The third-order valence-electron chi connectivity index (χ3n) is 3.79. The summed E-state index contributed by atoms with van der Waals surface area (Å²) in [6, 6.07) is 16.5. The van der Waals surface area contributed by atoms with Gasteiger partial charge >= 0.3 is 6.03 Å². The summed E-state index contributed by atoms with van der Waals surface area (Å²) < 4.78 is 0. The topological polar surface area (TPSA) is 65.8 Å². The van der Waals surface area contributed by atoms with Crippen molar-refractivity contribution in [2.75, 3.05) is 5.32 Å². The highest BCUT2D eigenvalue weighted by molar-refractivity contribution is 5.90. The third kappa shape index (κ3) is 5.14. The van der Waals surface area contributed by atoms with Crippen LogP contribution in [0.1, 0.15) is 19.8 Å². The van der Waals surface area contributed by atoms with Crippen LogP contribution in [0.25, 0.3) is 0 Å². The molecule has 0 atom stereocenters. The molecule has 3 rings (SSSR count). The Labute approximate surface area is 147 Å². The maximum Gasteiger partial charge on any atom is 0.323 e. The summed E-state index contributed by atoms with van der Waals surface area (Å²) in [6.45, 7) is 2.09. The zero-order valence-electron chi connectivity index (χ0n) is 14.1. The van der Waals surface area contributed by atoms with Gasteiger partial charge in [-0.25, -0.2) is 4.79 Å². The van der Waals surface area contributed by atoms with Crippen LogP contribution in [0.15, 0.2) is 88.2 Å². The van der Waals surface area contributed by atoms with E-state index in [1.807, 2.05) is 54.6 Å². The summed E-state index contributed by atoms with van der Waals surface area (Å²) in [5, 5.41) is 14.0. The van der Waals surface area contributed by atoms with E-state index in [1.165, 1.54) is 5.57 Å². The van der Waals surface area contributed by atoms with Gasteiger partial charge in [0.1, 0.15) is 0 Å². The Bertz CT molecular complexity index is 821. The number of allylic oxidation sites excluding steroid dienone is 4. The second kappa shape index (κ2) is 8.06. The average molecular weight is 332 g/mol. The van der Waals surface area contributed by atoms with E-state index in [1.54, 1.807) is 12.1 Å². The Morgan fingerprint density at radius 1 is 0.840 bits per heavy atom.